The first-order valence-electron chi connectivity index (χ1n) is 5.85. The third kappa shape index (κ3) is 2.93. The Morgan fingerprint density at radius 3 is 3.12 bits per heavy atom. The molecule has 0 amide bonds. The van der Waals surface area contributed by atoms with Gasteiger partial charge in [0.2, 0.25) is 0 Å². The van der Waals surface area contributed by atoms with Crippen LogP contribution in [0.5, 0.6) is 0 Å². The third-order valence-corrected chi connectivity index (χ3v) is 3.67. The Hall–Kier alpha value is -1.18. The quantitative estimate of drug-likeness (QED) is 0.832. The number of nitrogens with zero attached hydrogens (tertiary/aromatic N) is 1. The Kier molecular flexibility index (Phi) is 4.29. The summed E-state index contributed by atoms with van der Waals surface area (Å²) in [4.78, 5) is 1.05. The van der Waals surface area contributed by atoms with Gasteiger partial charge >= 0.3 is 0 Å². The van der Waals surface area contributed by atoms with Gasteiger partial charge in [-0.25, -0.2) is 0 Å². The van der Waals surface area contributed by atoms with E-state index in [-0.39, 0.29) is 0 Å². The van der Waals surface area contributed by atoms with Gasteiger partial charge < -0.3 is 10.1 Å². The molecule has 1 saturated heterocycles. The summed E-state index contributed by atoms with van der Waals surface area (Å²) in [6.45, 7) is 3.63. The summed E-state index contributed by atoms with van der Waals surface area (Å²) in [5, 5.41) is 12.7. The standard InChI is InChI=1S/C13H16N2OS/c1-2-17-13-5-3-4-12(11(13)8-14)15-10-6-7-16-9-10/h3-5,10,15H,2,6-7,9H2,1H3. The highest BCUT2D eigenvalue weighted by Crippen LogP contribution is 2.28. The van der Waals surface area contributed by atoms with Gasteiger partial charge in [0.1, 0.15) is 6.07 Å². The number of thioether (sulfide) groups is 1. The molecule has 0 spiro atoms. The maximum Gasteiger partial charge on any atom is 0.102 e. The second-order valence-corrected chi connectivity index (χ2v) is 5.23. The van der Waals surface area contributed by atoms with E-state index in [1.54, 1.807) is 11.8 Å². The van der Waals surface area contributed by atoms with Crippen molar-refractivity contribution in [3.63, 3.8) is 0 Å². The van der Waals surface area contributed by atoms with Gasteiger partial charge in [0.25, 0.3) is 0 Å². The molecule has 90 valence electrons. The van der Waals surface area contributed by atoms with Crippen molar-refractivity contribution >= 4 is 17.4 Å². The zero-order valence-corrected chi connectivity index (χ0v) is 10.7. The first-order valence-corrected chi connectivity index (χ1v) is 6.84. The maximum atomic E-state index is 9.27. The lowest BCUT2D eigenvalue weighted by atomic mass is 10.1. The Balaban J connectivity index is 2.20. The minimum Gasteiger partial charge on any atom is -0.379 e. The second kappa shape index (κ2) is 5.95. The van der Waals surface area contributed by atoms with E-state index in [0.717, 1.165) is 41.5 Å². The van der Waals surface area contributed by atoms with Gasteiger partial charge in [0, 0.05) is 11.5 Å². The van der Waals surface area contributed by atoms with Gasteiger partial charge in [-0.2, -0.15) is 5.26 Å². The lowest BCUT2D eigenvalue weighted by Gasteiger charge is -2.15. The number of nitriles is 1. The molecule has 17 heavy (non-hydrogen) atoms. The molecule has 0 radical (unpaired) electrons. The van der Waals surface area contributed by atoms with E-state index in [2.05, 4.69) is 18.3 Å². The summed E-state index contributed by atoms with van der Waals surface area (Å²) in [7, 11) is 0. The molecule has 1 heterocycles. The van der Waals surface area contributed by atoms with E-state index >= 15 is 0 Å². The molecule has 1 aromatic rings. The Morgan fingerprint density at radius 1 is 1.59 bits per heavy atom. The van der Waals surface area contributed by atoms with E-state index < -0.39 is 0 Å². The van der Waals surface area contributed by atoms with Crippen molar-refractivity contribution in [2.24, 2.45) is 0 Å². The molecule has 1 atom stereocenters. The van der Waals surface area contributed by atoms with Crippen LogP contribution in [-0.2, 0) is 4.74 Å². The molecule has 1 aromatic carbocycles. The predicted molar refractivity (Wildman–Crippen MR) is 70.4 cm³/mol. The SMILES string of the molecule is CCSc1cccc(NC2CCOC2)c1C#N. The zero-order chi connectivity index (χ0) is 12.1. The molecule has 4 heteroatoms. The van der Waals surface area contributed by atoms with Gasteiger partial charge in [-0.1, -0.05) is 13.0 Å². The lowest BCUT2D eigenvalue weighted by Crippen LogP contribution is -2.19. The molecule has 3 nitrogen and oxygen atoms in total. The molecule has 0 bridgehead atoms. The smallest absolute Gasteiger partial charge is 0.102 e. The van der Waals surface area contributed by atoms with Gasteiger partial charge in [-0.05, 0) is 24.3 Å². The number of ether oxygens (including phenoxy) is 1. The van der Waals surface area contributed by atoms with Gasteiger partial charge in [0.05, 0.1) is 23.9 Å². The van der Waals surface area contributed by atoms with Crippen molar-refractivity contribution in [1.82, 2.24) is 0 Å². The molecule has 0 saturated carbocycles. The first-order chi connectivity index (χ1) is 8.35. The highest BCUT2D eigenvalue weighted by molar-refractivity contribution is 7.99. The second-order valence-electron chi connectivity index (χ2n) is 3.93. The maximum absolute atomic E-state index is 9.27. The van der Waals surface area contributed by atoms with Gasteiger partial charge in [0.15, 0.2) is 0 Å². The molecule has 0 aromatic heterocycles. The summed E-state index contributed by atoms with van der Waals surface area (Å²) in [5.74, 6) is 0.977. The largest absolute Gasteiger partial charge is 0.379 e. The van der Waals surface area contributed by atoms with Crippen LogP contribution in [0.4, 0.5) is 5.69 Å². The Bertz CT molecular complexity index is 422. The highest BCUT2D eigenvalue weighted by atomic mass is 32.2. The average Bonchev–Trinajstić information content (AvgIpc) is 2.83. The van der Waals surface area contributed by atoms with Crippen molar-refractivity contribution in [3.8, 4) is 6.07 Å². The number of benzene rings is 1. The van der Waals surface area contributed by atoms with E-state index in [9.17, 15) is 5.26 Å². The van der Waals surface area contributed by atoms with Crippen molar-refractivity contribution in [2.75, 3.05) is 24.3 Å². The highest BCUT2D eigenvalue weighted by Gasteiger charge is 2.17. The molecule has 1 unspecified atom stereocenters. The van der Waals surface area contributed by atoms with Gasteiger partial charge in [-0.3, -0.25) is 0 Å². The summed E-state index contributed by atoms with van der Waals surface area (Å²) >= 11 is 1.70. The number of hydrogen-bond acceptors (Lipinski definition) is 4. The number of anilines is 1. The van der Waals surface area contributed by atoms with Crippen LogP contribution in [0, 0.1) is 11.3 Å². The van der Waals surface area contributed by atoms with Crippen molar-refractivity contribution in [1.29, 1.82) is 5.26 Å². The van der Waals surface area contributed by atoms with Gasteiger partial charge in [-0.15, -0.1) is 11.8 Å². The number of hydrogen-bond donors (Lipinski definition) is 1. The van der Waals surface area contributed by atoms with Crippen LogP contribution in [0.25, 0.3) is 0 Å². The number of nitrogens with one attached hydrogen (secondary N) is 1. The van der Waals surface area contributed by atoms with E-state index in [1.165, 1.54) is 0 Å². The molecule has 1 N–H and O–H groups in total. The molecule has 0 aliphatic carbocycles. The molecule has 1 aliphatic heterocycles. The summed E-state index contributed by atoms with van der Waals surface area (Å²) in [6.07, 6.45) is 1.01. The van der Waals surface area contributed by atoms with Crippen LogP contribution in [0.1, 0.15) is 18.9 Å². The third-order valence-electron chi connectivity index (χ3n) is 2.73. The van der Waals surface area contributed by atoms with Crippen LogP contribution in [0.3, 0.4) is 0 Å². The molecular formula is C13H16N2OS. The van der Waals surface area contributed by atoms with E-state index in [0.29, 0.717) is 6.04 Å². The Labute approximate surface area is 106 Å². The number of rotatable bonds is 4. The normalized spacial score (nSPS) is 18.9. The molecular weight excluding hydrogens is 232 g/mol. The average molecular weight is 248 g/mol. The monoisotopic (exact) mass is 248 g/mol. The Morgan fingerprint density at radius 2 is 2.47 bits per heavy atom. The van der Waals surface area contributed by atoms with Crippen LogP contribution in [0.15, 0.2) is 23.1 Å². The van der Waals surface area contributed by atoms with E-state index in [1.807, 2.05) is 18.2 Å². The first kappa shape index (κ1) is 12.3. The summed E-state index contributed by atoms with van der Waals surface area (Å²) in [6, 6.07) is 8.60. The minimum absolute atomic E-state index is 0.337. The topological polar surface area (TPSA) is 45.0 Å². The fourth-order valence-electron chi connectivity index (χ4n) is 1.91. The van der Waals surface area contributed by atoms with Crippen molar-refractivity contribution < 1.29 is 4.74 Å². The molecule has 2 rings (SSSR count). The van der Waals surface area contributed by atoms with Crippen molar-refractivity contribution in [3.05, 3.63) is 23.8 Å². The van der Waals surface area contributed by atoms with Crippen LogP contribution in [-0.4, -0.2) is 25.0 Å². The molecule has 1 aliphatic rings. The van der Waals surface area contributed by atoms with Crippen LogP contribution in [0.2, 0.25) is 0 Å². The minimum atomic E-state index is 0.337. The summed E-state index contributed by atoms with van der Waals surface area (Å²) < 4.78 is 5.33. The predicted octanol–water partition coefficient (Wildman–Crippen LogP) is 2.87. The van der Waals surface area contributed by atoms with Crippen LogP contribution >= 0.6 is 11.8 Å². The van der Waals surface area contributed by atoms with Crippen molar-refractivity contribution in [2.45, 2.75) is 24.3 Å². The lowest BCUT2D eigenvalue weighted by molar-refractivity contribution is 0.195. The molecule has 1 fully saturated rings. The summed E-state index contributed by atoms with van der Waals surface area (Å²) in [5.41, 5.74) is 1.69. The van der Waals surface area contributed by atoms with E-state index in [4.69, 9.17) is 4.74 Å². The fraction of sp³-hybridized carbons (Fsp3) is 0.462. The van der Waals surface area contributed by atoms with Crippen LogP contribution < -0.4 is 5.32 Å². The zero-order valence-electron chi connectivity index (χ0n) is 9.90. The fourth-order valence-corrected chi connectivity index (χ4v) is 2.70.